The molecule has 1 saturated heterocycles. The summed E-state index contributed by atoms with van der Waals surface area (Å²) in [4.78, 5) is 55.5. The zero-order valence-corrected chi connectivity index (χ0v) is 15.8. The molecule has 0 spiro atoms. The maximum absolute atomic E-state index is 13.1. The molecule has 0 N–H and O–H groups in total. The summed E-state index contributed by atoms with van der Waals surface area (Å²) >= 11 is 0. The van der Waals surface area contributed by atoms with Crippen LogP contribution in [0.3, 0.4) is 0 Å². The Morgan fingerprint density at radius 1 is 0.968 bits per heavy atom. The summed E-state index contributed by atoms with van der Waals surface area (Å²) in [7, 11) is 0. The van der Waals surface area contributed by atoms with Crippen molar-refractivity contribution in [1.82, 2.24) is 0 Å². The number of nitrogens with zero attached hydrogens (tertiary/aromatic N) is 3. The van der Waals surface area contributed by atoms with E-state index in [9.17, 15) is 24.5 Å². The van der Waals surface area contributed by atoms with Crippen LogP contribution in [0.1, 0.15) is 10.4 Å². The van der Waals surface area contributed by atoms with Gasteiger partial charge in [-0.3, -0.25) is 24.5 Å². The Balaban J connectivity index is 1.50. The van der Waals surface area contributed by atoms with Gasteiger partial charge in [0, 0.05) is 11.6 Å². The lowest BCUT2D eigenvalue weighted by Gasteiger charge is -2.15. The number of oxime groups is 1. The molecule has 1 fully saturated rings. The fraction of sp³-hybridized carbons (Fsp3) is 0.0909. The van der Waals surface area contributed by atoms with Crippen molar-refractivity contribution in [2.75, 3.05) is 4.90 Å². The van der Waals surface area contributed by atoms with Crippen molar-refractivity contribution in [2.24, 2.45) is 11.1 Å². The third-order valence-corrected chi connectivity index (χ3v) is 5.38. The second-order valence-corrected chi connectivity index (χ2v) is 7.13. The molecule has 0 radical (unpaired) electrons. The predicted octanol–water partition coefficient (Wildman–Crippen LogP) is 2.88. The molecule has 2 aliphatic rings. The largest absolute Gasteiger partial charge is 0.381 e. The van der Waals surface area contributed by atoms with Gasteiger partial charge in [-0.25, -0.2) is 4.90 Å². The van der Waals surface area contributed by atoms with Gasteiger partial charge >= 0.3 is 0 Å². The Kier molecular flexibility index (Phi) is 4.11. The number of benzene rings is 3. The van der Waals surface area contributed by atoms with E-state index in [2.05, 4.69) is 5.16 Å². The first-order valence-corrected chi connectivity index (χ1v) is 9.36. The van der Waals surface area contributed by atoms with E-state index in [4.69, 9.17) is 4.84 Å². The second-order valence-electron chi connectivity index (χ2n) is 7.13. The molecule has 3 aromatic carbocycles. The van der Waals surface area contributed by atoms with Gasteiger partial charge < -0.3 is 4.84 Å². The van der Waals surface area contributed by atoms with E-state index in [0.29, 0.717) is 10.5 Å². The van der Waals surface area contributed by atoms with Gasteiger partial charge in [-0.05, 0) is 22.9 Å². The SMILES string of the molecule is O=C(C1=NO[C@H]2C(=O)N(c3ccccc3[N+](=O)[O-])C(=O)[C@@H]12)c1ccc2ccccc2c1. The zero-order chi connectivity index (χ0) is 21.7. The number of imide groups is 1. The molecule has 5 rings (SSSR count). The van der Waals surface area contributed by atoms with Crippen LogP contribution in [-0.2, 0) is 14.4 Å². The van der Waals surface area contributed by atoms with Crippen molar-refractivity contribution >= 4 is 45.5 Å². The van der Waals surface area contributed by atoms with E-state index < -0.39 is 40.2 Å². The first-order chi connectivity index (χ1) is 15.0. The van der Waals surface area contributed by atoms with Gasteiger partial charge in [-0.15, -0.1) is 0 Å². The summed E-state index contributed by atoms with van der Waals surface area (Å²) in [6, 6.07) is 17.9. The molecule has 9 heteroatoms. The van der Waals surface area contributed by atoms with Gasteiger partial charge in [-0.2, -0.15) is 0 Å². The van der Waals surface area contributed by atoms with Crippen LogP contribution in [0.4, 0.5) is 11.4 Å². The normalized spacial score (nSPS) is 19.9. The summed E-state index contributed by atoms with van der Waals surface area (Å²) in [5, 5.41) is 16.9. The number of Topliss-reactive ketones (excluding diaryl/α,β-unsaturated/α-hetero) is 1. The van der Waals surface area contributed by atoms with Crippen LogP contribution in [0, 0.1) is 16.0 Å². The maximum atomic E-state index is 13.1. The lowest BCUT2D eigenvalue weighted by molar-refractivity contribution is -0.384. The highest BCUT2D eigenvalue weighted by Crippen LogP contribution is 2.38. The monoisotopic (exact) mass is 415 g/mol. The number of rotatable bonds is 4. The van der Waals surface area contributed by atoms with Crippen molar-refractivity contribution in [2.45, 2.75) is 6.10 Å². The number of amides is 2. The predicted molar refractivity (Wildman–Crippen MR) is 110 cm³/mol. The molecule has 2 aliphatic heterocycles. The molecule has 0 bridgehead atoms. The minimum absolute atomic E-state index is 0.169. The van der Waals surface area contributed by atoms with Crippen molar-refractivity contribution < 1.29 is 24.1 Å². The molecule has 0 saturated carbocycles. The molecule has 2 amide bonds. The molecule has 0 unspecified atom stereocenters. The van der Waals surface area contributed by atoms with Crippen LogP contribution < -0.4 is 4.90 Å². The standard InChI is InChI=1S/C22H13N3O6/c26-19(14-10-9-12-5-1-2-6-13(12)11-14)18-17-20(31-23-18)22(28)24(21(17)27)15-7-3-4-8-16(15)25(29)30/h1-11,17,20H/t17-,20+/m0/s1. The number of ketones is 1. The van der Waals surface area contributed by atoms with Crippen LogP contribution in [0.15, 0.2) is 71.9 Å². The lowest BCUT2D eigenvalue weighted by Crippen LogP contribution is -2.34. The van der Waals surface area contributed by atoms with Crippen LogP contribution in [0.5, 0.6) is 0 Å². The van der Waals surface area contributed by atoms with Crippen molar-refractivity contribution in [3.05, 3.63) is 82.4 Å². The van der Waals surface area contributed by atoms with Crippen molar-refractivity contribution in [1.29, 1.82) is 0 Å². The number of nitro benzene ring substituents is 1. The molecular weight excluding hydrogens is 402 g/mol. The van der Waals surface area contributed by atoms with E-state index in [1.54, 1.807) is 18.2 Å². The van der Waals surface area contributed by atoms with Gasteiger partial charge in [0.05, 0.1) is 4.92 Å². The Morgan fingerprint density at radius 3 is 2.45 bits per heavy atom. The molecule has 0 aromatic heterocycles. The Morgan fingerprint density at radius 2 is 1.68 bits per heavy atom. The van der Waals surface area contributed by atoms with Crippen LogP contribution in [0.25, 0.3) is 10.8 Å². The summed E-state index contributed by atoms with van der Waals surface area (Å²) in [5.74, 6) is -3.38. The van der Waals surface area contributed by atoms with Crippen LogP contribution in [-0.4, -0.2) is 34.3 Å². The van der Waals surface area contributed by atoms with Crippen molar-refractivity contribution in [3.8, 4) is 0 Å². The fourth-order valence-corrected chi connectivity index (χ4v) is 3.89. The summed E-state index contributed by atoms with van der Waals surface area (Å²) in [5.41, 5.74) is -0.465. The Hall–Kier alpha value is -4.40. The molecular formula is C22H13N3O6. The minimum Gasteiger partial charge on any atom is -0.381 e. The van der Waals surface area contributed by atoms with E-state index in [1.807, 2.05) is 24.3 Å². The van der Waals surface area contributed by atoms with Gasteiger partial charge in [0.25, 0.3) is 11.6 Å². The lowest BCUT2D eigenvalue weighted by atomic mass is 9.92. The summed E-state index contributed by atoms with van der Waals surface area (Å²) in [6.07, 6.45) is -1.33. The summed E-state index contributed by atoms with van der Waals surface area (Å²) < 4.78 is 0. The first kappa shape index (κ1) is 18.6. The average molecular weight is 415 g/mol. The number of nitro groups is 1. The van der Waals surface area contributed by atoms with E-state index in [1.165, 1.54) is 24.3 Å². The molecule has 31 heavy (non-hydrogen) atoms. The highest BCUT2D eigenvalue weighted by atomic mass is 16.7. The number of fused-ring (bicyclic) bond motifs is 2. The number of hydrogen-bond donors (Lipinski definition) is 0. The van der Waals surface area contributed by atoms with E-state index >= 15 is 0 Å². The molecule has 2 heterocycles. The number of hydrogen-bond acceptors (Lipinski definition) is 7. The van der Waals surface area contributed by atoms with Crippen LogP contribution in [0.2, 0.25) is 0 Å². The number of para-hydroxylation sites is 2. The van der Waals surface area contributed by atoms with E-state index in [0.717, 1.165) is 10.8 Å². The second kappa shape index (κ2) is 6.84. The zero-order valence-electron chi connectivity index (χ0n) is 15.8. The average Bonchev–Trinajstić information content (AvgIpc) is 3.33. The van der Waals surface area contributed by atoms with Crippen molar-refractivity contribution in [3.63, 3.8) is 0 Å². The van der Waals surface area contributed by atoms with Gasteiger partial charge in [-0.1, -0.05) is 53.7 Å². The van der Waals surface area contributed by atoms with Crippen LogP contribution >= 0.6 is 0 Å². The molecule has 9 nitrogen and oxygen atoms in total. The highest BCUT2D eigenvalue weighted by Gasteiger charge is 2.58. The quantitative estimate of drug-likeness (QED) is 0.280. The molecule has 0 aliphatic carbocycles. The number of carbonyl (C=O) groups excluding carboxylic acids is 3. The maximum Gasteiger partial charge on any atom is 0.293 e. The fourth-order valence-electron chi connectivity index (χ4n) is 3.89. The topological polar surface area (TPSA) is 119 Å². The van der Waals surface area contributed by atoms with E-state index in [-0.39, 0.29) is 11.4 Å². The van der Waals surface area contributed by atoms with Gasteiger partial charge in [0.15, 0.2) is 0 Å². The third-order valence-electron chi connectivity index (χ3n) is 5.38. The Bertz CT molecular complexity index is 1330. The number of anilines is 1. The minimum atomic E-state index is -1.33. The molecule has 3 aromatic rings. The highest BCUT2D eigenvalue weighted by molar-refractivity contribution is 6.52. The molecule has 2 atom stereocenters. The van der Waals surface area contributed by atoms with Gasteiger partial charge in [0.2, 0.25) is 17.8 Å². The number of carbonyl (C=O) groups is 3. The van der Waals surface area contributed by atoms with Gasteiger partial charge in [0.1, 0.15) is 17.3 Å². The molecule has 152 valence electrons. The summed E-state index contributed by atoms with van der Waals surface area (Å²) in [6.45, 7) is 0. The Labute approximate surface area is 174 Å². The smallest absolute Gasteiger partial charge is 0.293 e. The first-order valence-electron chi connectivity index (χ1n) is 9.36. The third kappa shape index (κ3) is 2.78.